The minimum Gasteiger partial charge on any atom is -0.339 e. The van der Waals surface area contributed by atoms with Gasteiger partial charge in [-0.3, -0.25) is 0 Å². The zero-order chi connectivity index (χ0) is 12.6. The predicted octanol–water partition coefficient (Wildman–Crippen LogP) is 3.81. The van der Waals surface area contributed by atoms with Crippen molar-refractivity contribution < 1.29 is 4.52 Å². The van der Waals surface area contributed by atoms with Crippen molar-refractivity contribution in [1.82, 2.24) is 10.1 Å². The van der Waals surface area contributed by atoms with Crippen LogP contribution in [0.15, 0.2) is 4.52 Å². The molecule has 0 radical (unpaired) electrons. The lowest BCUT2D eigenvalue weighted by Crippen LogP contribution is -2.25. The molecule has 0 amide bonds. The van der Waals surface area contributed by atoms with Crippen LogP contribution in [0, 0.1) is 17.3 Å². The van der Waals surface area contributed by atoms with Crippen molar-refractivity contribution in [2.24, 2.45) is 17.3 Å². The molecule has 0 bridgehead atoms. The molecule has 0 N–H and O–H groups in total. The van der Waals surface area contributed by atoms with E-state index in [2.05, 4.69) is 44.8 Å². The summed E-state index contributed by atoms with van der Waals surface area (Å²) in [5.74, 6) is 3.47. The second-order valence-electron chi connectivity index (χ2n) is 6.40. The van der Waals surface area contributed by atoms with Gasteiger partial charge in [0.25, 0.3) is 0 Å². The van der Waals surface area contributed by atoms with E-state index in [0.29, 0.717) is 17.3 Å². The highest BCUT2D eigenvalue weighted by Gasteiger charge is 2.40. The Kier molecular flexibility index (Phi) is 3.28. The molecule has 1 heterocycles. The third-order valence-electron chi connectivity index (χ3n) is 4.68. The molecule has 0 spiro atoms. The van der Waals surface area contributed by atoms with Crippen LogP contribution in [-0.2, 0) is 6.42 Å². The first-order valence-corrected chi connectivity index (χ1v) is 6.73. The minimum atomic E-state index is 0.326. The Morgan fingerprint density at radius 3 is 2.53 bits per heavy atom. The average molecular weight is 236 g/mol. The third kappa shape index (κ3) is 2.38. The van der Waals surface area contributed by atoms with E-state index in [1.807, 2.05) is 0 Å². The fourth-order valence-corrected chi connectivity index (χ4v) is 2.77. The third-order valence-corrected chi connectivity index (χ3v) is 4.68. The molecule has 0 aromatic carbocycles. The lowest BCUT2D eigenvalue weighted by Gasteiger charge is -2.30. The molecule has 0 aliphatic heterocycles. The molecule has 1 aliphatic rings. The van der Waals surface area contributed by atoms with Crippen molar-refractivity contribution in [3.63, 3.8) is 0 Å². The van der Waals surface area contributed by atoms with Gasteiger partial charge < -0.3 is 4.52 Å². The molecule has 3 nitrogen and oxygen atoms in total. The Morgan fingerprint density at radius 1 is 1.35 bits per heavy atom. The Balaban J connectivity index is 2.06. The summed E-state index contributed by atoms with van der Waals surface area (Å²) in [6.45, 7) is 11.3. The van der Waals surface area contributed by atoms with Crippen LogP contribution in [0.2, 0.25) is 0 Å². The quantitative estimate of drug-likeness (QED) is 0.801. The lowest BCUT2D eigenvalue weighted by molar-refractivity contribution is 0.194. The van der Waals surface area contributed by atoms with Gasteiger partial charge in [0.2, 0.25) is 5.89 Å². The molecule has 2 atom stereocenters. The Hall–Kier alpha value is -0.860. The first-order chi connectivity index (χ1) is 7.91. The molecule has 1 fully saturated rings. The highest BCUT2D eigenvalue weighted by Crippen LogP contribution is 2.48. The van der Waals surface area contributed by atoms with E-state index >= 15 is 0 Å². The largest absolute Gasteiger partial charge is 0.339 e. The van der Waals surface area contributed by atoms with Crippen LogP contribution in [0.5, 0.6) is 0 Å². The Labute approximate surface area is 104 Å². The molecule has 3 heteroatoms. The van der Waals surface area contributed by atoms with Gasteiger partial charge in [0.1, 0.15) is 0 Å². The molecule has 0 saturated heterocycles. The van der Waals surface area contributed by atoms with Crippen LogP contribution < -0.4 is 0 Å². The summed E-state index contributed by atoms with van der Waals surface area (Å²) in [6.07, 6.45) is 3.58. The second kappa shape index (κ2) is 4.43. The van der Waals surface area contributed by atoms with Gasteiger partial charge in [0.15, 0.2) is 5.82 Å². The summed E-state index contributed by atoms with van der Waals surface area (Å²) >= 11 is 0. The number of nitrogens with zero attached hydrogens (tertiary/aromatic N) is 2. The topological polar surface area (TPSA) is 38.9 Å². The van der Waals surface area contributed by atoms with Gasteiger partial charge in [-0.2, -0.15) is 4.98 Å². The molecule has 1 saturated carbocycles. The number of hydrogen-bond donors (Lipinski definition) is 0. The van der Waals surface area contributed by atoms with Gasteiger partial charge >= 0.3 is 0 Å². The smallest absolute Gasteiger partial charge is 0.229 e. The van der Waals surface area contributed by atoms with Crippen LogP contribution in [0.3, 0.4) is 0 Å². The van der Waals surface area contributed by atoms with E-state index in [1.165, 1.54) is 12.8 Å². The lowest BCUT2D eigenvalue weighted by atomic mass is 9.75. The van der Waals surface area contributed by atoms with Crippen LogP contribution in [0.4, 0.5) is 0 Å². The molecule has 1 aromatic heterocycles. The minimum absolute atomic E-state index is 0.326. The first kappa shape index (κ1) is 12.6. The van der Waals surface area contributed by atoms with E-state index in [1.54, 1.807) is 0 Å². The van der Waals surface area contributed by atoms with E-state index < -0.39 is 0 Å². The summed E-state index contributed by atoms with van der Waals surface area (Å²) < 4.78 is 5.27. The van der Waals surface area contributed by atoms with Crippen LogP contribution >= 0.6 is 0 Å². The molecule has 0 unspecified atom stereocenters. The highest BCUT2D eigenvalue weighted by atomic mass is 16.5. The monoisotopic (exact) mass is 236 g/mol. The fraction of sp³-hybridized carbons (Fsp3) is 0.857. The molecule has 2 rings (SSSR count). The summed E-state index contributed by atoms with van der Waals surface area (Å²) in [5.41, 5.74) is 0.401. The van der Waals surface area contributed by atoms with Crippen molar-refractivity contribution in [3.8, 4) is 0 Å². The number of aromatic nitrogens is 2. The molecule has 96 valence electrons. The van der Waals surface area contributed by atoms with E-state index in [4.69, 9.17) is 4.52 Å². The second-order valence-corrected chi connectivity index (χ2v) is 6.40. The van der Waals surface area contributed by atoms with Gasteiger partial charge in [0, 0.05) is 12.3 Å². The summed E-state index contributed by atoms with van der Waals surface area (Å²) in [5, 5.41) is 4.11. The summed E-state index contributed by atoms with van der Waals surface area (Å²) in [4.78, 5) is 4.49. The maximum absolute atomic E-state index is 5.27. The SMILES string of the molecule is CC(C)c1nc(C[C@@H]2CC[C@@H](C)C2(C)C)no1. The van der Waals surface area contributed by atoms with Gasteiger partial charge in [-0.15, -0.1) is 0 Å². The van der Waals surface area contributed by atoms with Gasteiger partial charge in [0.05, 0.1) is 0 Å². The molecule has 1 aliphatic carbocycles. The first-order valence-electron chi connectivity index (χ1n) is 6.73. The molecule has 17 heavy (non-hydrogen) atoms. The predicted molar refractivity (Wildman–Crippen MR) is 67.8 cm³/mol. The molecular formula is C14H24N2O. The van der Waals surface area contributed by atoms with Crippen molar-refractivity contribution >= 4 is 0 Å². The van der Waals surface area contributed by atoms with Crippen molar-refractivity contribution in [2.45, 2.75) is 59.8 Å². The van der Waals surface area contributed by atoms with Crippen LogP contribution in [0.25, 0.3) is 0 Å². The number of hydrogen-bond acceptors (Lipinski definition) is 3. The maximum atomic E-state index is 5.27. The average Bonchev–Trinajstić information content (AvgIpc) is 2.79. The molecular weight excluding hydrogens is 212 g/mol. The normalized spacial score (nSPS) is 27.9. The fourth-order valence-electron chi connectivity index (χ4n) is 2.77. The zero-order valence-electron chi connectivity index (χ0n) is 11.7. The summed E-state index contributed by atoms with van der Waals surface area (Å²) in [6, 6.07) is 0. The van der Waals surface area contributed by atoms with Gasteiger partial charge in [-0.25, -0.2) is 0 Å². The maximum Gasteiger partial charge on any atom is 0.229 e. The van der Waals surface area contributed by atoms with Gasteiger partial charge in [-0.05, 0) is 30.1 Å². The number of rotatable bonds is 3. The summed E-state index contributed by atoms with van der Waals surface area (Å²) in [7, 11) is 0. The Morgan fingerprint density at radius 2 is 2.06 bits per heavy atom. The van der Waals surface area contributed by atoms with Crippen molar-refractivity contribution in [2.75, 3.05) is 0 Å². The Bertz CT molecular complexity index is 381. The van der Waals surface area contributed by atoms with Crippen molar-refractivity contribution in [1.29, 1.82) is 0 Å². The van der Waals surface area contributed by atoms with E-state index in [-0.39, 0.29) is 0 Å². The molecule has 1 aromatic rings. The van der Waals surface area contributed by atoms with E-state index in [9.17, 15) is 0 Å². The zero-order valence-corrected chi connectivity index (χ0v) is 11.7. The highest BCUT2D eigenvalue weighted by molar-refractivity contribution is 4.98. The van der Waals surface area contributed by atoms with Crippen LogP contribution in [-0.4, -0.2) is 10.1 Å². The van der Waals surface area contributed by atoms with Gasteiger partial charge in [-0.1, -0.05) is 39.8 Å². The van der Waals surface area contributed by atoms with Crippen LogP contribution in [0.1, 0.15) is 65.1 Å². The van der Waals surface area contributed by atoms with Crippen molar-refractivity contribution in [3.05, 3.63) is 11.7 Å². The standard InChI is InChI=1S/C14H24N2O/c1-9(2)13-15-12(16-17-13)8-11-7-6-10(3)14(11,4)5/h9-11H,6-8H2,1-5H3/t10-,11+/m1/s1. The van der Waals surface area contributed by atoms with E-state index in [0.717, 1.165) is 24.1 Å².